The maximum atomic E-state index is 3.18. The Morgan fingerprint density at radius 2 is 1.00 bits per heavy atom. The fourth-order valence-corrected chi connectivity index (χ4v) is 0.258. The molecule has 0 saturated carbocycles. The molecule has 0 amide bonds. The fraction of sp³-hybridized carbons (Fsp3) is 1.00. The molecular formula is C15H43N2+. The highest BCUT2D eigenvalue weighted by Gasteiger charge is 2.15. The minimum absolute atomic E-state index is 0.639. The van der Waals surface area contributed by atoms with E-state index in [9.17, 15) is 0 Å². The highest BCUT2D eigenvalue weighted by atomic mass is 15.6. The molecule has 0 spiro atoms. The van der Waals surface area contributed by atoms with Crippen LogP contribution in [0.3, 0.4) is 0 Å². The molecule has 0 aliphatic rings. The Balaban J connectivity index is -0.0000000448. The van der Waals surface area contributed by atoms with Crippen molar-refractivity contribution in [2.75, 3.05) is 21.1 Å². The van der Waals surface area contributed by atoms with Crippen LogP contribution in [0.15, 0.2) is 0 Å². The molecule has 0 fully saturated rings. The van der Waals surface area contributed by atoms with Gasteiger partial charge in [0.1, 0.15) is 6.04 Å². The first-order chi connectivity index (χ1) is 7.92. The van der Waals surface area contributed by atoms with Gasteiger partial charge in [0.05, 0.1) is 14.1 Å². The predicted molar refractivity (Wildman–Crippen MR) is 86.3 cm³/mol. The van der Waals surface area contributed by atoms with Crippen LogP contribution in [-0.4, -0.2) is 31.8 Å². The van der Waals surface area contributed by atoms with E-state index in [0.717, 1.165) is 4.59 Å². The average molecular weight is 252 g/mol. The first kappa shape index (κ1) is 30.2. The Kier molecular flexibility index (Phi) is 52.8. The Labute approximate surface area is 113 Å². The third kappa shape index (κ3) is 38.8. The van der Waals surface area contributed by atoms with Gasteiger partial charge in [0.15, 0.2) is 0 Å². The van der Waals surface area contributed by atoms with Crippen LogP contribution in [0.4, 0.5) is 0 Å². The topological polar surface area (TPSA) is 12.0 Å². The lowest BCUT2D eigenvalue weighted by Gasteiger charge is -2.31. The van der Waals surface area contributed by atoms with Gasteiger partial charge >= 0.3 is 0 Å². The summed E-state index contributed by atoms with van der Waals surface area (Å²) in [6.07, 6.45) is 1.25. The maximum Gasteiger partial charge on any atom is 0.100 e. The normalized spacial score (nSPS) is 8.12. The molecule has 0 saturated heterocycles. The van der Waals surface area contributed by atoms with Gasteiger partial charge in [-0.25, -0.2) is 4.59 Å². The van der Waals surface area contributed by atoms with E-state index in [1.807, 2.05) is 48.6 Å². The standard InChI is InChI=1S/C6H17N2.C3H8.3C2H6/c1-6(2)8(4,5)7-3;1-3-2;3*1-2/h6-7H,1-5H3;3H2,1-2H3;3*1-2H3/q+1;;;;. The van der Waals surface area contributed by atoms with Gasteiger partial charge in [-0.2, -0.15) is 5.43 Å². The monoisotopic (exact) mass is 251 g/mol. The largest absolute Gasteiger partial charge is 0.249 e. The molecule has 17 heavy (non-hydrogen) atoms. The van der Waals surface area contributed by atoms with Crippen molar-refractivity contribution in [1.82, 2.24) is 5.43 Å². The van der Waals surface area contributed by atoms with Crippen molar-refractivity contribution >= 4 is 0 Å². The quantitative estimate of drug-likeness (QED) is 0.532. The SMILES string of the molecule is CC.CC.CC.CCC.CN[N+](C)(C)C(C)C. The predicted octanol–water partition coefficient (Wildman–Crippen LogP) is 5.10. The molecule has 112 valence electrons. The van der Waals surface area contributed by atoms with E-state index in [4.69, 9.17) is 0 Å². The minimum Gasteiger partial charge on any atom is -0.249 e. The van der Waals surface area contributed by atoms with Gasteiger partial charge in [0.25, 0.3) is 0 Å². The number of rotatable bonds is 2. The van der Waals surface area contributed by atoms with Gasteiger partial charge in [-0.15, -0.1) is 0 Å². The Hall–Kier alpha value is -0.0800. The van der Waals surface area contributed by atoms with Crippen molar-refractivity contribution in [3.8, 4) is 0 Å². The number of nitrogens with zero attached hydrogens (tertiary/aromatic N) is 1. The third-order valence-electron chi connectivity index (χ3n) is 1.87. The average Bonchev–Trinajstić information content (AvgIpc) is 2.37. The molecular weight excluding hydrogens is 208 g/mol. The van der Waals surface area contributed by atoms with Crippen LogP contribution in [0.1, 0.15) is 75.7 Å². The number of hydrogen-bond donors (Lipinski definition) is 1. The molecule has 0 rings (SSSR count). The van der Waals surface area contributed by atoms with Crippen molar-refractivity contribution in [3.05, 3.63) is 0 Å². The van der Waals surface area contributed by atoms with Crippen LogP contribution in [0.5, 0.6) is 0 Å². The zero-order valence-corrected chi connectivity index (χ0v) is 15.2. The zero-order valence-electron chi connectivity index (χ0n) is 15.2. The lowest BCUT2D eigenvalue weighted by Crippen LogP contribution is -2.54. The van der Waals surface area contributed by atoms with Crippen LogP contribution < -0.4 is 5.43 Å². The fourth-order valence-electron chi connectivity index (χ4n) is 0.258. The molecule has 0 atom stereocenters. The molecule has 0 heterocycles. The Bertz CT molecular complexity index is 79.0. The van der Waals surface area contributed by atoms with Gasteiger partial charge in [-0.1, -0.05) is 61.8 Å². The van der Waals surface area contributed by atoms with E-state index in [1.54, 1.807) is 0 Å². The van der Waals surface area contributed by atoms with Gasteiger partial charge in [-0.05, 0) is 13.8 Å². The van der Waals surface area contributed by atoms with Crippen molar-refractivity contribution < 1.29 is 4.59 Å². The van der Waals surface area contributed by atoms with E-state index in [1.165, 1.54) is 6.42 Å². The first-order valence-corrected chi connectivity index (χ1v) is 7.45. The molecule has 0 bridgehead atoms. The summed E-state index contributed by atoms with van der Waals surface area (Å²) in [7, 11) is 6.26. The molecule has 2 nitrogen and oxygen atoms in total. The minimum atomic E-state index is 0.639. The van der Waals surface area contributed by atoms with Crippen LogP contribution in [0, 0.1) is 0 Å². The van der Waals surface area contributed by atoms with Gasteiger partial charge in [-0.3, -0.25) is 0 Å². The Morgan fingerprint density at radius 1 is 0.824 bits per heavy atom. The summed E-state index contributed by atoms with van der Waals surface area (Å²) in [6.45, 7) is 20.6. The van der Waals surface area contributed by atoms with E-state index < -0.39 is 0 Å². The van der Waals surface area contributed by atoms with Gasteiger partial charge in [0, 0.05) is 7.05 Å². The molecule has 0 unspecified atom stereocenters. The second-order valence-electron chi connectivity index (χ2n) is 3.56. The molecule has 0 aromatic rings. The van der Waals surface area contributed by atoms with E-state index in [2.05, 4.69) is 47.2 Å². The number of hydrogen-bond acceptors (Lipinski definition) is 1. The molecule has 0 aromatic heterocycles. The van der Waals surface area contributed by atoms with E-state index >= 15 is 0 Å². The highest BCUT2D eigenvalue weighted by molar-refractivity contribution is 4.32. The van der Waals surface area contributed by atoms with Crippen LogP contribution >= 0.6 is 0 Å². The van der Waals surface area contributed by atoms with Gasteiger partial charge < -0.3 is 0 Å². The number of nitrogens with one attached hydrogen (secondary N) is 1. The summed E-state index contributed by atoms with van der Waals surface area (Å²) in [6, 6.07) is 0.639. The molecule has 0 radical (unpaired) electrons. The first-order valence-electron chi connectivity index (χ1n) is 7.45. The summed E-state index contributed by atoms with van der Waals surface area (Å²) in [5.74, 6) is 0. The third-order valence-corrected chi connectivity index (χ3v) is 1.87. The maximum absolute atomic E-state index is 3.18. The van der Waals surface area contributed by atoms with Crippen molar-refractivity contribution in [2.24, 2.45) is 0 Å². The molecule has 0 aliphatic carbocycles. The summed E-state index contributed by atoms with van der Waals surface area (Å²) < 4.78 is 0.875. The second-order valence-corrected chi connectivity index (χ2v) is 3.56. The van der Waals surface area contributed by atoms with Crippen LogP contribution in [0.2, 0.25) is 0 Å². The zero-order chi connectivity index (χ0) is 15.5. The van der Waals surface area contributed by atoms with Crippen molar-refractivity contribution in [3.63, 3.8) is 0 Å². The smallest absolute Gasteiger partial charge is 0.100 e. The van der Waals surface area contributed by atoms with Crippen LogP contribution in [-0.2, 0) is 0 Å². The second kappa shape index (κ2) is 29.7. The van der Waals surface area contributed by atoms with Crippen molar-refractivity contribution in [2.45, 2.75) is 81.7 Å². The lowest BCUT2D eigenvalue weighted by molar-refractivity contribution is -0.951. The Morgan fingerprint density at radius 3 is 1.00 bits per heavy atom. The van der Waals surface area contributed by atoms with Gasteiger partial charge in [0.2, 0.25) is 0 Å². The summed E-state index contributed by atoms with van der Waals surface area (Å²) in [5, 5.41) is 0. The molecule has 1 N–H and O–H groups in total. The molecule has 2 heteroatoms. The number of quaternary nitrogens is 1. The summed E-state index contributed by atoms with van der Waals surface area (Å²) in [4.78, 5) is 0. The lowest BCUT2D eigenvalue weighted by atomic mass is 10.3. The van der Waals surface area contributed by atoms with E-state index in [-0.39, 0.29) is 0 Å². The van der Waals surface area contributed by atoms with Crippen LogP contribution in [0.25, 0.3) is 0 Å². The highest BCUT2D eigenvalue weighted by Crippen LogP contribution is 1.97. The summed E-state index contributed by atoms with van der Waals surface area (Å²) >= 11 is 0. The van der Waals surface area contributed by atoms with E-state index in [0.29, 0.717) is 6.04 Å². The summed E-state index contributed by atoms with van der Waals surface area (Å²) in [5.41, 5.74) is 3.18. The molecule has 0 aromatic carbocycles. The van der Waals surface area contributed by atoms with Crippen molar-refractivity contribution in [1.29, 1.82) is 0 Å². The molecule has 0 aliphatic heterocycles.